The van der Waals surface area contributed by atoms with E-state index < -0.39 is 0 Å². The SMILES string of the molecule is B=C/C=C\N(C)C. The van der Waals surface area contributed by atoms with Crippen LogP contribution in [0.3, 0.4) is 0 Å². The van der Waals surface area contributed by atoms with Crippen molar-refractivity contribution in [3.63, 3.8) is 0 Å². The van der Waals surface area contributed by atoms with Gasteiger partial charge in [0.1, 0.15) is 0 Å². The van der Waals surface area contributed by atoms with Crippen molar-refractivity contribution in [2.75, 3.05) is 14.1 Å². The minimum atomic E-state index is 1.75. The van der Waals surface area contributed by atoms with Gasteiger partial charge in [-0.1, -0.05) is 0 Å². The maximum atomic E-state index is 3.52. The van der Waals surface area contributed by atoms with Crippen LogP contribution in [0.4, 0.5) is 0 Å². The molecule has 0 unspecified atom stereocenters. The molecule has 0 aromatic rings. The molecule has 0 aliphatic heterocycles. The molecule has 0 N–H and O–H groups in total. The molecule has 0 aromatic heterocycles. The molecule has 7 heavy (non-hydrogen) atoms. The van der Waals surface area contributed by atoms with Gasteiger partial charge in [-0.15, -0.1) is 0 Å². The molecule has 0 aliphatic carbocycles. The number of nitrogens with zero attached hydrogens (tertiary/aromatic N) is 1. The number of allylic oxidation sites excluding steroid dienone is 1. The summed E-state index contributed by atoms with van der Waals surface area (Å²) in [5.74, 6) is 1.75. The summed E-state index contributed by atoms with van der Waals surface area (Å²) in [6, 6.07) is 0. The third kappa shape index (κ3) is 5.47. The van der Waals surface area contributed by atoms with Crippen LogP contribution in [0.15, 0.2) is 12.3 Å². The van der Waals surface area contributed by atoms with E-state index in [0.29, 0.717) is 0 Å². The fourth-order valence-corrected chi connectivity index (χ4v) is 0.233. The van der Waals surface area contributed by atoms with Crippen molar-refractivity contribution in [3.05, 3.63) is 12.3 Å². The molecular formula is C5H10BN. The summed E-state index contributed by atoms with van der Waals surface area (Å²) in [4.78, 5) is 1.96. The number of rotatable bonds is 2. The average molecular weight is 95.0 g/mol. The first-order valence-corrected chi connectivity index (χ1v) is 2.23. The normalized spacial score (nSPS) is 9.29. The molecule has 0 saturated heterocycles. The Morgan fingerprint density at radius 1 is 1.43 bits per heavy atom. The Morgan fingerprint density at radius 2 is 2.00 bits per heavy atom. The van der Waals surface area contributed by atoms with Gasteiger partial charge in [0, 0.05) is 0 Å². The van der Waals surface area contributed by atoms with Gasteiger partial charge >= 0.3 is 44.7 Å². The predicted octanol–water partition coefficient (Wildman–Crippen LogP) is -0.235. The van der Waals surface area contributed by atoms with Gasteiger partial charge in [0.25, 0.3) is 0 Å². The molecule has 0 rings (SSSR count). The monoisotopic (exact) mass is 95.1 g/mol. The molecule has 0 aliphatic rings. The molecule has 0 atom stereocenters. The van der Waals surface area contributed by atoms with E-state index >= 15 is 0 Å². The molecule has 0 aromatic carbocycles. The van der Waals surface area contributed by atoms with Crippen LogP contribution in [0, 0.1) is 0 Å². The maximum absolute atomic E-state index is 3.52. The Bertz CT molecular complexity index is 76.1. The molecule has 0 fully saturated rings. The second-order valence-electron chi connectivity index (χ2n) is 1.54. The van der Waals surface area contributed by atoms with E-state index in [1.807, 2.05) is 31.3 Å². The zero-order valence-corrected chi connectivity index (χ0v) is 4.89. The molecule has 2 heteroatoms. The molecule has 38 valence electrons. The third-order valence-electron chi connectivity index (χ3n) is 0.520. The van der Waals surface area contributed by atoms with Gasteiger partial charge < -0.3 is 0 Å². The number of hydrogen-bond acceptors (Lipinski definition) is 1. The van der Waals surface area contributed by atoms with Gasteiger partial charge in [-0.05, 0) is 0 Å². The zero-order valence-electron chi connectivity index (χ0n) is 4.89. The molecule has 0 saturated carbocycles. The van der Waals surface area contributed by atoms with Crippen LogP contribution in [-0.2, 0) is 0 Å². The van der Waals surface area contributed by atoms with E-state index in [9.17, 15) is 0 Å². The summed E-state index contributed by atoms with van der Waals surface area (Å²) in [6.07, 6.45) is 3.83. The molecule has 0 bridgehead atoms. The quantitative estimate of drug-likeness (QED) is 0.428. The van der Waals surface area contributed by atoms with Crippen molar-refractivity contribution in [2.24, 2.45) is 0 Å². The van der Waals surface area contributed by atoms with E-state index in [1.54, 1.807) is 5.97 Å². The first-order chi connectivity index (χ1) is 3.27. The van der Waals surface area contributed by atoms with Crippen LogP contribution in [0.1, 0.15) is 0 Å². The molecule has 0 radical (unpaired) electrons. The Labute approximate surface area is 45.7 Å². The van der Waals surface area contributed by atoms with Crippen molar-refractivity contribution in [3.8, 4) is 0 Å². The van der Waals surface area contributed by atoms with Gasteiger partial charge in [-0.2, -0.15) is 0 Å². The van der Waals surface area contributed by atoms with Crippen LogP contribution >= 0.6 is 0 Å². The summed E-state index contributed by atoms with van der Waals surface area (Å²) in [5.41, 5.74) is 0. The van der Waals surface area contributed by atoms with E-state index in [0.717, 1.165) is 0 Å². The zero-order chi connectivity index (χ0) is 5.70. The Kier molecular flexibility index (Phi) is 3.38. The average Bonchev–Trinajstić information content (AvgIpc) is 1.61. The van der Waals surface area contributed by atoms with Crippen LogP contribution in [0.2, 0.25) is 0 Å². The Hall–Kier alpha value is -0.525. The molecule has 0 heterocycles. The first-order valence-electron chi connectivity index (χ1n) is 2.23. The Balaban J connectivity index is 3.25. The van der Waals surface area contributed by atoms with Crippen molar-refractivity contribution >= 4 is 13.5 Å². The van der Waals surface area contributed by atoms with E-state index in [4.69, 9.17) is 0 Å². The van der Waals surface area contributed by atoms with Gasteiger partial charge in [0.2, 0.25) is 0 Å². The van der Waals surface area contributed by atoms with Gasteiger partial charge in [-0.3, -0.25) is 0 Å². The first kappa shape index (κ1) is 6.47. The summed E-state index contributed by atoms with van der Waals surface area (Å²) < 4.78 is 0. The Morgan fingerprint density at radius 3 is 2.14 bits per heavy atom. The van der Waals surface area contributed by atoms with Crippen molar-refractivity contribution in [1.29, 1.82) is 0 Å². The molecule has 0 spiro atoms. The summed E-state index contributed by atoms with van der Waals surface area (Å²) in [5, 5.41) is 0. The molecular weight excluding hydrogens is 84.9 g/mol. The second-order valence-corrected chi connectivity index (χ2v) is 1.54. The minimum absolute atomic E-state index is 1.75. The third-order valence-corrected chi connectivity index (χ3v) is 0.520. The van der Waals surface area contributed by atoms with E-state index in [-0.39, 0.29) is 0 Å². The van der Waals surface area contributed by atoms with Crippen LogP contribution < -0.4 is 0 Å². The van der Waals surface area contributed by atoms with Crippen molar-refractivity contribution in [1.82, 2.24) is 4.90 Å². The van der Waals surface area contributed by atoms with E-state index in [2.05, 4.69) is 7.49 Å². The van der Waals surface area contributed by atoms with Gasteiger partial charge in [0.05, 0.1) is 0 Å². The van der Waals surface area contributed by atoms with Gasteiger partial charge in [0.15, 0.2) is 0 Å². The molecule has 1 nitrogen and oxygen atoms in total. The van der Waals surface area contributed by atoms with Crippen molar-refractivity contribution < 1.29 is 0 Å². The predicted molar refractivity (Wildman–Crippen MR) is 36.0 cm³/mol. The summed E-state index contributed by atoms with van der Waals surface area (Å²) in [6.45, 7) is 0. The standard InChI is InChI=1S/C5H10BN/c1-7(2)5-3-4-6/h3-6H,1-2H3/b5-3-. The van der Waals surface area contributed by atoms with Crippen LogP contribution in [0.5, 0.6) is 0 Å². The fraction of sp³-hybridized carbons (Fsp3) is 0.400. The van der Waals surface area contributed by atoms with E-state index in [1.165, 1.54) is 0 Å². The fourth-order valence-electron chi connectivity index (χ4n) is 0.233. The summed E-state index contributed by atoms with van der Waals surface area (Å²) in [7, 11) is 7.46. The number of hydrogen-bond donors (Lipinski definition) is 0. The summed E-state index contributed by atoms with van der Waals surface area (Å²) >= 11 is 0. The molecule has 0 amide bonds. The van der Waals surface area contributed by atoms with Crippen LogP contribution in [-0.4, -0.2) is 32.4 Å². The second kappa shape index (κ2) is 3.66. The van der Waals surface area contributed by atoms with Gasteiger partial charge in [-0.25, -0.2) is 0 Å². The van der Waals surface area contributed by atoms with Crippen LogP contribution in [0.25, 0.3) is 0 Å². The topological polar surface area (TPSA) is 3.24 Å². The van der Waals surface area contributed by atoms with Crippen molar-refractivity contribution in [2.45, 2.75) is 0 Å².